The van der Waals surface area contributed by atoms with Gasteiger partial charge >= 0.3 is 0 Å². The third kappa shape index (κ3) is 13.1. The average molecular weight is 879 g/mol. The zero-order valence-corrected chi connectivity index (χ0v) is 37.1. The number of piperazine rings is 2. The lowest BCUT2D eigenvalue weighted by atomic mass is 9.79. The van der Waals surface area contributed by atoms with Crippen molar-refractivity contribution in [3.05, 3.63) is 144 Å². The minimum atomic E-state index is -1.44. The standard InChI is InChI=1S/C25H32N2O3.C17H24N2O2.C8H8O.C2H6O.CH4/c28-23(20-9-3-1-4-10-20)19-26-15-17-27(18-16-26)24(29)25(30,22-13-7-8-14-22)21-11-5-2-6-12-21;20-16(19-12-10-18-11-13-19)17(21,15-8-4-5-9-15)14-6-2-1-3-7-14;1-2-4-7(5-3-1)8-6-9-8;1-2-3;/h1-6,9-12,22-23,28,30H,7-8,13-19H2;1-3,6-7,15,18,21H,4-5,8-13H2;1-5,8H,6H2;3H,2H2,1H3;1H4. The van der Waals surface area contributed by atoms with Gasteiger partial charge < -0.3 is 40.3 Å². The highest BCUT2D eigenvalue weighted by Gasteiger charge is 2.49. The van der Waals surface area contributed by atoms with Crippen LogP contribution in [0.4, 0.5) is 0 Å². The molecule has 5 fully saturated rings. The number of hydrogen-bond acceptors (Lipinski definition) is 9. The first kappa shape index (κ1) is 50.5. The van der Waals surface area contributed by atoms with Crippen LogP contribution in [0, 0.1) is 11.8 Å². The number of nitrogens with zero attached hydrogens (tertiary/aromatic N) is 3. The van der Waals surface area contributed by atoms with Crippen LogP contribution in [-0.2, 0) is 25.5 Å². The van der Waals surface area contributed by atoms with Gasteiger partial charge in [0, 0.05) is 77.3 Å². The highest BCUT2D eigenvalue weighted by molar-refractivity contribution is 5.87. The fourth-order valence-electron chi connectivity index (χ4n) is 9.56. The molecule has 5 N–H and O–H groups in total. The van der Waals surface area contributed by atoms with Gasteiger partial charge in [-0.1, -0.05) is 154 Å². The van der Waals surface area contributed by atoms with E-state index in [1.807, 2.05) is 119 Å². The molecule has 3 aliphatic heterocycles. The zero-order valence-electron chi connectivity index (χ0n) is 37.1. The third-order valence-corrected chi connectivity index (χ3v) is 13.2. The summed E-state index contributed by atoms with van der Waals surface area (Å²) >= 11 is 0. The van der Waals surface area contributed by atoms with Crippen molar-refractivity contribution in [2.45, 2.75) is 89.1 Å². The first-order valence-electron chi connectivity index (χ1n) is 23.3. The van der Waals surface area contributed by atoms with Gasteiger partial charge in [-0.2, -0.15) is 0 Å². The smallest absolute Gasteiger partial charge is 0.259 e. The van der Waals surface area contributed by atoms with Crippen molar-refractivity contribution in [1.29, 1.82) is 0 Å². The molecule has 4 aromatic carbocycles. The molecular formula is C53H74N4O7. The van der Waals surface area contributed by atoms with Crippen LogP contribution in [0.3, 0.4) is 0 Å². The molecule has 11 heteroatoms. The van der Waals surface area contributed by atoms with E-state index in [4.69, 9.17) is 9.84 Å². The molecule has 4 aromatic rings. The number of carbonyl (C=O) groups excluding carboxylic acids is 2. The molecule has 4 atom stereocenters. The van der Waals surface area contributed by atoms with E-state index in [0.717, 1.165) is 82.2 Å². The highest BCUT2D eigenvalue weighted by atomic mass is 16.6. The number of carbonyl (C=O) groups is 2. The van der Waals surface area contributed by atoms with Crippen molar-refractivity contribution in [2.75, 3.05) is 72.1 Å². The Balaban J connectivity index is 0.000000195. The summed E-state index contributed by atoms with van der Waals surface area (Å²) < 4.78 is 5.09. The number of aliphatic hydroxyl groups excluding tert-OH is 2. The van der Waals surface area contributed by atoms with Gasteiger partial charge in [0.1, 0.15) is 6.10 Å². The number of nitrogens with one attached hydrogen (secondary N) is 1. The number of rotatable bonds is 10. The lowest BCUT2D eigenvalue weighted by molar-refractivity contribution is -0.161. The quantitative estimate of drug-likeness (QED) is 0.108. The van der Waals surface area contributed by atoms with Crippen LogP contribution >= 0.6 is 0 Å². The monoisotopic (exact) mass is 879 g/mol. The molecule has 2 saturated carbocycles. The Bertz CT molecular complexity index is 1910. The fraction of sp³-hybridized carbons (Fsp3) is 0.509. The van der Waals surface area contributed by atoms with Crippen LogP contribution in [0.5, 0.6) is 0 Å². The van der Waals surface area contributed by atoms with Gasteiger partial charge in [-0.15, -0.1) is 0 Å². The van der Waals surface area contributed by atoms with E-state index in [1.165, 1.54) is 5.56 Å². The van der Waals surface area contributed by atoms with Gasteiger partial charge in [0.15, 0.2) is 11.2 Å². The minimum absolute atomic E-state index is 0. The van der Waals surface area contributed by atoms with E-state index in [1.54, 1.807) is 6.92 Å². The summed E-state index contributed by atoms with van der Waals surface area (Å²) in [5, 5.41) is 44.4. The Morgan fingerprint density at radius 2 is 1.02 bits per heavy atom. The Morgan fingerprint density at radius 3 is 1.42 bits per heavy atom. The topological polar surface area (TPSA) is 149 Å². The van der Waals surface area contributed by atoms with Crippen molar-refractivity contribution in [1.82, 2.24) is 20.0 Å². The normalized spacial score (nSPS) is 21.2. The second-order valence-corrected chi connectivity index (χ2v) is 17.3. The van der Waals surface area contributed by atoms with Gasteiger partial charge in [0.05, 0.1) is 12.7 Å². The zero-order chi connectivity index (χ0) is 44.5. The number of ether oxygens (including phenoxy) is 1. The van der Waals surface area contributed by atoms with E-state index in [0.29, 0.717) is 57.5 Å². The number of hydrogen-bond donors (Lipinski definition) is 5. The van der Waals surface area contributed by atoms with Gasteiger partial charge in [-0.05, 0) is 54.9 Å². The molecule has 0 bridgehead atoms. The molecule has 3 heterocycles. The fourth-order valence-corrected chi connectivity index (χ4v) is 9.56. The minimum Gasteiger partial charge on any atom is -0.397 e. The Labute approximate surface area is 382 Å². The maximum absolute atomic E-state index is 13.6. The lowest BCUT2D eigenvalue weighted by Crippen LogP contribution is -2.57. The maximum Gasteiger partial charge on any atom is 0.259 e. The van der Waals surface area contributed by atoms with Crippen molar-refractivity contribution >= 4 is 11.8 Å². The summed E-state index contributed by atoms with van der Waals surface area (Å²) in [6, 6.07) is 38.9. The molecule has 2 aliphatic carbocycles. The highest BCUT2D eigenvalue weighted by Crippen LogP contribution is 2.43. The largest absolute Gasteiger partial charge is 0.397 e. The van der Waals surface area contributed by atoms with Crippen molar-refractivity contribution in [2.24, 2.45) is 11.8 Å². The summed E-state index contributed by atoms with van der Waals surface area (Å²) in [5.41, 5.74) is 0.885. The lowest BCUT2D eigenvalue weighted by Gasteiger charge is -2.41. The van der Waals surface area contributed by atoms with Crippen molar-refractivity contribution in [3.63, 3.8) is 0 Å². The van der Waals surface area contributed by atoms with Gasteiger partial charge in [0.25, 0.3) is 11.8 Å². The SMILES string of the molecule is C.CCO.O=C(N1CCN(CC(O)c2ccccc2)CC1)C(O)(c1ccccc1)C1CCCC1.O=C(N1CCNCC1)C(O)(c1ccccc1)C1CCCC1.c1ccc(C2CO2)cc1. The summed E-state index contributed by atoms with van der Waals surface area (Å²) in [6.45, 7) is 8.91. The van der Waals surface area contributed by atoms with E-state index in [9.17, 15) is 24.9 Å². The average Bonchev–Trinajstić information content (AvgIpc) is 3.75. The van der Waals surface area contributed by atoms with Crippen LogP contribution in [0.2, 0.25) is 0 Å². The number of benzene rings is 4. The Morgan fingerprint density at radius 1 is 0.641 bits per heavy atom. The molecule has 11 nitrogen and oxygen atoms in total. The molecule has 0 radical (unpaired) electrons. The first-order chi connectivity index (χ1) is 30.7. The second kappa shape index (κ2) is 25.3. The number of amides is 2. The number of β-amino-alcohol motifs (C(OH)–C–C–N with tert-alkyl or cyclic N) is 1. The summed E-state index contributed by atoms with van der Waals surface area (Å²) in [6.07, 6.45) is 7.87. The Hall–Kier alpha value is -4.46. The molecule has 9 rings (SSSR count). The number of aliphatic hydroxyl groups is 4. The van der Waals surface area contributed by atoms with Gasteiger partial charge in [0.2, 0.25) is 0 Å². The molecule has 2 amide bonds. The third-order valence-electron chi connectivity index (χ3n) is 13.2. The summed E-state index contributed by atoms with van der Waals surface area (Å²) in [5.74, 6) is -0.251. The Kier molecular flexibility index (Phi) is 20.0. The van der Waals surface area contributed by atoms with Crippen molar-refractivity contribution < 1.29 is 34.8 Å². The predicted octanol–water partition coefficient (Wildman–Crippen LogP) is 6.83. The molecule has 4 unspecified atom stereocenters. The molecule has 0 aromatic heterocycles. The van der Waals surface area contributed by atoms with Crippen LogP contribution in [0.25, 0.3) is 0 Å². The van der Waals surface area contributed by atoms with Gasteiger partial charge in [-0.25, -0.2) is 0 Å². The van der Waals surface area contributed by atoms with Crippen LogP contribution < -0.4 is 5.32 Å². The van der Waals surface area contributed by atoms with Crippen LogP contribution in [0.15, 0.2) is 121 Å². The summed E-state index contributed by atoms with van der Waals surface area (Å²) in [7, 11) is 0. The van der Waals surface area contributed by atoms with Crippen molar-refractivity contribution in [3.8, 4) is 0 Å². The molecule has 64 heavy (non-hydrogen) atoms. The molecular weight excluding hydrogens is 805 g/mol. The second-order valence-electron chi connectivity index (χ2n) is 17.3. The first-order valence-corrected chi connectivity index (χ1v) is 23.3. The van der Waals surface area contributed by atoms with E-state index in [2.05, 4.69) is 22.3 Å². The number of epoxide rings is 1. The predicted molar refractivity (Wildman–Crippen MR) is 253 cm³/mol. The van der Waals surface area contributed by atoms with E-state index in [-0.39, 0.29) is 37.7 Å². The van der Waals surface area contributed by atoms with Crippen LogP contribution in [0.1, 0.15) is 100 Å². The molecule has 3 saturated heterocycles. The summed E-state index contributed by atoms with van der Waals surface area (Å²) in [4.78, 5) is 32.5. The molecule has 348 valence electrons. The molecule has 0 spiro atoms. The van der Waals surface area contributed by atoms with E-state index >= 15 is 0 Å². The van der Waals surface area contributed by atoms with Crippen LogP contribution in [-0.4, -0.2) is 119 Å². The van der Waals surface area contributed by atoms with Gasteiger partial charge in [-0.3, -0.25) is 14.5 Å². The van der Waals surface area contributed by atoms with E-state index < -0.39 is 17.3 Å². The maximum atomic E-state index is 13.6. The molecule has 5 aliphatic rings.